The van der Waals surface area contributed by atoms with Crippen molar-refractivity contribution < 1.29 is 14.2 Å². The van der Waals surface area contributed by atoms with Crippen LogP contribution in [-0.4, -0.2) is 38.3 Å². The summed E-state index contributed by atoms with van der Waals surface area (Å²) in [6, 6.07) is -0.340. The molecule has 1 saturated heterocycles. The second-order valence-electron chi connectivity index (χ2n) is 4.16. The van der Waals surface area contributed by atoms with Gasteiger partial charge in [-0.2, -0.15) is 0 Å². The van der Waals surface area contributed by atoms with Crippen molar-refractivity contribution in [2.75, 3.05) is 13.7 Å². The van der Waals surface area contributed by atoms with Gasteiger partial charge >= 0.3 is 0 Å². The summed E-state index contributed by atoms with van der Waals surface area (Å²) >= 11 is 0. The summed E-state index contributed by atoms with van der Waals surface area (Å²) in [4.78, 5) is 2.87. The standard InChI is InChI=1S/C11H21N3O3/c1-5-8-10(15-4)7(3)9(13-14-12)11(17-8)16-6-2/h7-11H,5-6H2,1-4H3/t7-,8?,9?,10+,11?/m1/s1. The quantitative estimate of drug-likeness (QED) is 0.423. The van der Waals surface area contributed by atoms with E-state index < -0.39 is 6.29 Å². The molecule has 3 unspecified atom stereocenters. The molecule has 0 saturated carbocycles. The lowest BCUT2D eigenvalue weighted by molar-refractivity contribution is -0.249. The van der Waals surface area contributed by atoms with E-state index in [-0.39, 0.29) is 24.2 Å². The van der Waals surface area contributed by atoms with Crippen LogP contribution in [0, 0.1) is 5.92 Å². The van der Waals surface area contributed by atoms with Crippen LogP contribution in [0.2, 0.25) is 0 Å². The Morgan fingerprint density at radius 2 is 2.12 bits per heavy atom. The minimum Gasteiger partial charge on any atom is -0.378 e. The normalized spacial score (nSPS) is 37.5. The fourth-order valence-corrected chi connectivity index (χ4v) is 2.33. The van der Waals surface area contributed by atoms with Gasteiger partial charge in [0.25, 0.3) is 0 Å². The highest BCUT2D eigenvalue weighted by atomic mass is 16.7. The van der Waals surface area contributed by atoms with E-state index in [0.717, 1.165) is 6.42 Å². The van der Waals surface area contributed by atoms with Gasteiger partial charge in [0.15, 0.2) is 6.29 Å². The first-order valence-corrected chi connectivity index (χ1v) is 6.03. The summed E-state index contributed by atoms with van der Waals surface area (Å²) in [5, 5.41) is 3.78. The molecule has 98 valence electrons. The topological polar surface area (TPSA) is 76.5 Å². The lowest BCUT2D eigenvalue weighted by atomic mass is 9.88. The molecule has 1 rings (SSSR count). The lowest BCUT2D eigenvalue weighted by Gasteiger charge is -2.43. The summed E-state index contributed by atoms with van der Waals surface area (Å²) in [6.45, 7) is 6.47. The summed E-state index contributed by atoms with van der Waals surface area (Å²) in [5.41, 5.74) is 8.61. The fraction of sp³-hybridized carbons (Fsp3) is 1.00. The number of hydrogen-bond donors (Lipinski definition) is 0. The van der Waals surface area contributed by atoms with Gasteiger partial charge in [-0.3, -0.25) is 0 Å². The summed E-state index contributed by atoms with van der Waals surface area (Å²) in [6.07, 6.45) is 0.293. The van der Waals surface area contributed by atoms with Crippen LogP contribution in [-0.2, 0) is 14.2 Å². The minimum atomic E-state index is -0.470. The highest BCUT2D eigenvalue weighted by Gasteiger charge is 2.43. The van der Waals surface area contributed by atoms with Crippen molar-refractivity contribution in [1.82, 2.24) is 0 Å². The number of methoxy groups -OCH3 is 1. The third-order valence-corrected chi connectivity index (χ3v) is 3.20. The lowest BCUT2D eigenvalue weighted by Crippen LogP contribution is -2.53. The fourth-order valence-electron chi connectivity index (χ4n) is 2.33. The third kappa shape index (κ3) is 3.10. The number of hydrogen-bond acceptors (Lipinski definition) is 4. The SMILES string of the molecule is CCOC1OC(CC)[C@@H](OC)[C@H](C)C1N=[N+]=[N-]. The highest BCUT2D eigenvalue weighted by molar-refractivity contribution is 4.91. The van der Waals surface area contributed by atoms with Crippen molar-refractivity contribution in [3.8, 4) is 0 Å². The van der Waals surface area contributed by atoms with Gasteiger partial charge in [-0.15, -0.1) is 0 Å². The Morgan fingerprint density at radius 3 is 2.59 bits per heavy atom. The molecule has 0 aromatic carbocycles. The van der Waals surface area contributed by atoms with E-state index in [1.54, 1.807) is 7.11 Å². The highest BCUT2D eigenvalue weighted by Crippen LogP contribution is 2.32. The van der Waals surface area contributed by atoms with Crippen LogP contribution in [0.3, 0.4) is 0 Å². The summed E-state index contributed by atoms with van der Waals surface area (Å²) in [5.74, 6) is 0.0751. The molecule has 1 aliphatic heterocycles. The van der Waals surface area contributed by atoms with Crippen LogP contribution in [0.1, 0.15) is 27.2 Å². The largest absolute Gasteiger partial charge is 0.378 e. The first kappa shape index (κ1) is 14.3. The smallest absolute Gasteiger partial charge is 0.166 e. The monoisotopic (exact) mass is 243 g/mol. The molecule has 1 aliphatic rings. The van der Waals surface area contributed by atoms with Crippen LogP contribution in [0.15, 0.2) is 5.11 Å². The van der Waals surface area contributed by atoms with Crippen molar-refractivity contribution in [2.45, 2.75) is 51.7 Å². The predicted molar refractivity (Wildman–Crippen MR) is 63.5 cm³/mol. The van der Waals surface area contributed by atoms with Gasteiger partial charge in [0.2, 0.25) is 0 Å². The van der Waals surface area contributed by atoms with E-state index in [2.05, 4.69) is 10.0 Å². The van der Waals surface area contributed by atoms with Gasteiger partial charge in [-0.25, -0.2) is 0 Å². The zero-order valence-electron chi connectivity index (χ0n) is 10.9. The molecule has 1 fully saturated rings. The maximum Gasteiger partial charge on any atom is 0.166 e. The van der Waals surface area contributed by atoms with Crippen LogP contribution >= 0.6 is 0 Å². The van der Waals surface area contributed by atoms with Gasteiger partial charge < -0.3 is 14.2 Å². The molecule has 17 heavy (non-hydrogen) atoms. The molecule has 0 aromatic rings. The van der Waals surface area contributed by atoms with Gasteiger partial charge in [-0.1, -0.05) is 19.0 Å². The molecule has 0 bridgehead atoms. The van der Waals surface area contributed by atoms with E-state index in [4.69, 9.17) is 19.7 Å². The van der Waals surface area contributed by atoms with E-state index in [9.17, 15) is 0 Å². The van der Waals surface area contributed by atoms with Crippen molar-refractivity contribution in [3.05, 3.63) is 10.4 Å². The maximum absolute atomic E-state index is 8.61. The molecule has 5 atom stereocenters. The molecule has 0 radical (unpaired) electrons. The Bertz CT molecular complexity index is 279. The van der Waals surface area contributed by atoms with E-state index in [0.29, 0.717) is 6.61 Å². The third-order valence-electron chi connectivity index (χ3n) is 3.20. The maximum atomic E-state index is 8.61. The van der Waals surface area contributed by atoms with Crippen molar-refractivity contribution in [1.29, 1.82) is 0 Å². The number of nitrogens with zero attached hydrogens (tertiary/aromatic N) is 3. The van der Waals surface area contributed by atoms with Crippen LogP contribution in [0.4, 0.5) is 0 Å². The van der Waals surface area contributed by atoms with E-state index in [1.807, 2.05) is 20.8 Å². The van der Waals surface area contributed by atoms with Crippen molar-refractivity contribution >= 4 is 0 Å². The van der Waals surface area contributed by atoms with Crippen LogP contribution in [0.25, 0.3) is 10.4 Å². The van der Waals surface area contributed by atoms with Gasteiger partial charge in [0, 0.05) is 18.6 Å². The van der Waals surface area contributed by atoms with E-state index in [1.165, 1.54) is 0 Å². The molecular formula is C11H21N3O3. The molecule has 0 aliphatic carbocycles. The summed E-state index contributed by atoms with van der Waals surface area (Å²) in [7, 11) is 1.65. The average Bonchev–Trinajstić information content (AvgIpc) is 2.33. The Morgan fingerprint density at radius 1 is 1.41 bits per heavy atom. The van der Waals surface area contributed by atoms with Gasteiger partial charge in [-0.05, 0) is 24.8 Å². The molecule has 0 aromatic heterocycles. The molecular weight excluding hydrogens is 222 g/mol. The van der Waals surface area contributed by atoms with E-state index >= 15 is 0 Å². The van der Waals surface area contributed by atoms with Crippen molar-refractivity contribution in [2.24, 2.45) is 11.0 Å². The predicted octanol–water partition coefficient (Wildman–Crippen LogP) is 2.49. The molecule has 0 amide bonds. The zero-order valence-corrected chi connectivity index (χ0v) is 10.9. The molecule has 1 heterocycles. The van der Waals surface area contributed by atoms with Crippen molar-refractivity contribution in [3.63, 3.8) is 0 Å². The Kier molecular flexibility index (Phi) is 5.71. The second kappa shape index (κ2) is 6.81. The van der Waals surface area contributed by atoms with Crippen LogP contribution in [0.5, 0.6) is 0 Å². The minimum absolute atomic E-state index is 0.0170. The number of rotatable bonds is 5. The molecule has 6 heteroatoms. The van der Waals surface area contributed by atoms with Gasteiger partial charge in [0.05, 0.1) is 18.2 Å². The van der Waals surface area contributed by atoms with Gasteiger partial charge in [0.1, 0.15) is 0 Å². The Hall–Kier alpha value is -0.810. The second-order valence-corrected chi connectivity index (χ2v) is 4.16. The first-order valence-electron chi connectivity index (χ1n) is 6.03. The molecule has 0 N–H and O–H groups in total. The molecule has 6 nitrogen and oxygen atoms in total. The van der Waals surface area contributed by atoms with Crippen LogP contribution < -0.4 is 0 Å². The average molecular weight is 243 g/mol. The first-order chi connectivity index (χ1) is 8.19. The Labute approximate surface area is 102 Å². The number of azide groups is 1. The number of ether oxygens (including phenoxy) is 3. The summed E-state index contributed by atoms with van der Waals surface area (Å²) < 4.78 is 16.7. The molecule has 0 spiro atoms. The Balaban J connectivity index is 2.88. The zero-order chi connectivity index (χ0) is 12.8.